The molecule has 0 aromatic carbocycles. The predicted molar refractivity (Wildman–Crippen MR) is 58.8 cm³/mol. The molecule has 15 heavy (non-hydrogen) atoms. The molecule has 1 saturated heterocycles. The van der Waals surface area contributed by atoms with Gasteiger partial charge in [-0.3, -0.25) is 0 Å². The minimum atomic E-state index is -0.488. The van der Waals surface area contributed by atoms with Crippen molar-refractivity contribution in [2.45, 2.75) is 32.8 Å². The molecule has 1 aromatic heterocycles. The molecule has 0 radical (unpaired) electrons. The second kappa shape index (κ2) is 4.14. The Kier molecular flexibility index (Phi) is 2.86. The van der Waals surface area contributed by atoms with E-state index in [0.717, 1.165) is 30.3 Å². The Morgan fingerprint density at radius 2 is 2.07 bits per heavy atom. The van der Waals surface area contributed by atoms with E-state index in [1.807, 2.05) is 6.92 Å². The van der Waals surface area contributed by atoms with Crippen LogP contribution in [0.4, 0.5) is 5.95 Å². The van der Waals surface area contributed by atoms with Crippen LogP contribution in [0, 0.1) is 6.92 Å². The topological polar surface area (TPSA) is 49.2 Å². The molecule has 0 unspecified atom stereocenters. The number of hydrogen-bond acceptors (Lipinski definition) is 4. The first-order valence-electron chi connectivity index (χ1n) is 5.45. The first-order valence-corrected chi connectivity index (χ1v) is 5.45. The number of aryl methyl sites for hydroxylation is 1. The van der Waals surface area contributed by atoms with E-state index in [1.165, 1.54) is 12.8 Å². The van der Waals surface area contributed by atoms with Gasteiger partial charge in [0.2, 0.25) is 5.95 Å². The molecule has 0 spiro atoms. The van der Waals surface area contributed by atoms with Crippen molar-refractivity contribution in [1.29, 1.82) is 0 Å². The summed E-state index contributed by atoms with van der Waals surface area (Å²) in [5, 5.41) is 9.47. The van der Waals surface area contributed by atoms with Crippen LogP contribution in [0.25, 0.3) is 0 Å². The van der Waals surface area contributed by atoms with Crippen molar-refractivity contribution in [2.75, 3.05) is 18.0 Å². The Morgan fingerprint density at radius 3 is 2.60 bits per heavy atom. The molecule has 0 aliphatic carbocycles. The van der Waals surface area contributed by atoms with Crippen molar-refractivity contribution in [3.63, 3.8) is 0 Å². The SMILES string of the molecule is Cc1nc(N2CCCC2)ncc1[C@@H](C)O. The fourth-order valence-electron chi connectivity index (χ4n) is 1.94. The third-order valence-corrected chi connectivity index (χ3v) is 2.84. The van der Waals surface area contributed by atoms with Crippen LogP contribution in [0.1, 0.15) is 37.1 Å². The number of hydrogen-bond donors (Lipinski definition) is 1. The Morgan fingerprint density at radius 1 is 1.40 bits per heavy atom. The summed E-state index contributed by atoms with van der Waals surface area (Å²) < 4.78 is 0. The lowest BCUT2D eigenvalue weighted by Crippen LogP contribution is -2.21. The van der Waals surface area contributed by atoms with E-state index in [0.29, 0.717) is 0 Å². The van der Waals surface area contributed by atoms with Crippen LogP contribution in [0.2, 0.25) is 0 Å². The van der Waals surface area contributed by atoms with Gasteiger partial charge in [-0.1, -0.05) is 0 Å². The molecule has 0 saturated carbocycles. The van der Waals surface area contributed by atoms with Crippen molar-refractivity contribution in [3.8, 4) is 0 Å². The number of aliphatic hydroxyl groups is 1. The molecule has 4 heteroatoms. The highest BCUT2D eigenvalue weighted by Crippen LogP contribution is 2.19. The summed E-state index contributed by atoms with van der Waals surface area (Å²) in [6.07, 6.45) is 3.69. The number of aromatic nitrogens is 2. The zero-order chi connectivity index (χ0) is 10.8. The second-order valence-electron chi connectivity index (χ2n) is 4.08. The van der Waals surface area contributed by atoms with Gasteiger partial charge in [0, 0.05) is 30.5 Å². The lowest BCUT2D eigenvalue weighted by atomic mass is 10.1. The number of aliphatic hydroxyl groups excluding tert-OH is 1. The Bertz CT molecular complexity index is 346. The van der Waals surface area contributed by atoms with Gasteiger partial charge in [0.15, 0.2) is 0 Å². The first-order chi connectivity index (χ1) is 7.18. The van der Waals surface area contributed by atoms with Crippen LogP contribution >= 0.6 is 0 Å². The second-order valence-corrected chi connectivity index (χ2v) is 4.08. The molecule has 1 N–H and O–H groups in total. The van der Waals surface area contributed by atoms with Crippen LogP contribution in [-0.4, -0.2) is 28.2 Å². The van der Waals surface area contributed by atoms with Gasteiger partial charge in [-0.25, -0.2) is 9.97 Å². The molecule has 4 nitrogen and oxygen atoms in total. The Balaban J connectivity index is 2.24. The van der Waals surface area contributed by atoms with Gasteiger partial charge in [0.25, 0.3) is 0 Å². The number of anilines is 1. The summed E-state index contributed by atoms with van der Waals surface area (Å²) in [6, 6.07) is 0. The van der Waals surface area contributed by atoms with Crippen LogP contribution < -0.4 is 4.90 Å². The van der Waals surface area contributed by atoms with Gasteiger partial charge in [-0.2, -0.15) is 0 Å². The smallest absolute Gasteiger partial charge is 0.225 e. The molecule has 1 aliphatic heterocycles. The van der Waals surface area contributed by atoms with Gasteiger partial charge in [-0.15, -0.1) is 0 Å². The minimum absolute atomic E-state index is 0.488. The van der Waals surface area contributed by atoms with Gasteiger partial charge < -0.3 is 10.0 Å². The quantitative estimate of drug-likeness (QED) is 0.797. The van der Waals surface area contributed by atoms with E-state index in [1.54, 1.807) is 13.1 Å². The highest BCUT2D eigenvalue weighted by molar-refractivity contribution is 5.34. The minimum Gasteiger partial charge on any atom is -0.389 e. The van der Waals surface area contributed by atoms with E-state index in [9.17, 15) is 5.11 Å². The molecule has 1 fully saturated rings. The standard InChI is InChI=1S/C11H17N3O/c1-8-10(9(2)15)7-12-11(13-8)14-5-3-4-6-14/h7,9,15H,3-6H2,1-2H3/t9-/m1/s1. The summed E-state index contributed by atoms with van der Waals surface area (Å²) in [6.45, 7) is 5.76. The molecule has 1 atom stereocenters. The van der Waals surface area contributed by atoms with Crippen LogP contribution in [0.15, 0.2) is 6.20 Å². The first kappa shape index (κ1) is 10.4. The van der Waals surface area contributed by atoms with Gasteiger partial charge in [-0.05, 0) is 26.7 Å². The van der Waals surface area contributed by atoms with Crippen LogP contribution in [0.5, 0.6) is 0 Å². The maximum Gasteiger partial charge on any atom is 0.225 e. The van der Waals surface area contributed by atoms with Gasteiger partial charge >= 0.3 is 0 Å². The normalized spacial score (nSPS) is 18.2. The molecule has 1 aromatic rings. The Hall–Kier alpha value is -1.16. The summed E-state index contributed by atoms with van der Waals surface area (Å²) in [5.74, 6) is 0.800. The van der Waals surface area contributed by atoms with Crippen molar-refractivity contribution in [3.05, 3.63) is 17.5 Å². The van der Waals surface area contributed by atoms with E-state index < -0.39 is 6.10 Å². The third-order valence-electron chi connectivity index (χ3n) is 2.84. The maximum absolute atomic E-state index is 9.47. The van der Waals surface area contributed by atoms with Crippen LogP contribution in [-0.2, 0) is 0 Å². The highest BCUT2D eigenvalue weighted by Gasteiger charge is 2.16. The van der Waals surface area contributed by atoms with Crippen molar-refractivity contribution in [2.24, 2.45) is 0 Å². The Labute approximate surface area is 90.0 Å². The lowest BCUT2D eigenvalue weighted by Gasteiger charge is -2.16. The zero-order valence-corrected chi connectivity index (χ0v) is 9.27. The largest absolute Gasteiger partial charge is 0.389 e. The van der Waals surface area contributed by atoms with Crippen molar-refractivity contribution >= 4 is 5.95 Å². The fraction of sp³-hybridized carbons (Fsp3) is 0.636. The van der Waals surface area contributed by atoms with Crippen LogP contribution in [0.3, 0.4) is 0 Å². The summed E-state index contributed by atoms with van der Waals surface area (Å²) in [4.78, 5) is 10.9. The number of nitrogens with zero attached hydrogens (tertiary/aromatic N) is 3. The van der Waals surface area contributed by atoms with Gasteiger partial charge in [0.1, 0.15) is 0 Å². The molecule has 0 amide bonds. The average molecular weight is 207 g/mol. The van der Waals surface area contributed by atoms with E-state index >= 15 is 0 Å². The third kappa shape index (κ3) is 2.09. The molecule has 2 rings (SSSR count). The zero-order valence-electron chi connectivity index (χ0n) is 9.27. The molecule has 2 heterocycles. The van der Waals surface area contributed by atoms with Crippen molar-refractivity contribution < 1.29 is 5.11 Å². The molecule has 0 bridgehead atoms. The molecular weight excluding hydrogens is 190 g/mol. The average Bonchev–Trinajstić information content (AvgIpc) is 2.69. The highest BCUT2D eigenvalue weighted by atomic mass is 16.3. The van der Waals surface area contributed by atoms with E-state index in [4.69, 9.17) is 0 Å². The molecular formula is C11H17N3O. The van der Waals surface area contributed by atoms with Crippen molar-refractivity contribution in [1.82, 2.24) is 9.97 Å². The van der Waals surface area contributed by atoms with E-state index in [2.05, 4.69) is 14.9 Å². The van der Waals surface area contributed by atoms with Gasteiger partial charge in [0.05, 0.1) is 6.10 Å². The predicted octanol–water partition coefficient (Wildman–Crippen LogP) is 1.44. The maximum atomic E-state index is 9.47. The summed E-state index contributed by atoms with van der Waals surface area (Å²) in [5.41, 5.74) is 1.69. The van der Waals surface area contributed by atoms with E-state index in [-0.39, 0.29) is 0 Å². The summed E-state index contributed by atoms with van der Waals surface area (Å²) >= 11 is 0. The fourth-order valence-corrected chi connectivity index (χ4v) is 1.94. The monoisotopic (exact) mass is 207 g/mol. The lowest BCUT2D eigenvalue weighted by molar-refractivity contribution is 0.197. The summed E-state index contributed by atoms with van der Waals surface area (Å²) in [7, 11) is 0. The molecule has 1 aliphatic rings. The number of rotatable bonds is 2. The molecule has 82 valence electrons.